The summed E-state index contributed by atoms with van der Waals surface area (Å²) in [5, 5.41) is 0. The molecule has 190 valence electrons. The Morgan fingerprint density at radius 2 is 0.969 bits per heavy atom. The first kappa shape index (κ1) is 31.1. The third kappa shape index (κ3) is 23.8. The van der Waals surface area contributed by atoms with Gasteiger partial charge in [0.25, 0.3) is 0 Å². The van der Waals surface area contributed by atoms with E-state index in [1.54, 1.807) is 0 Å². The van der Waals surface area contributed by atoms with Gasteiger partial charge in [-0.25, -0.2) is 0 Å². The van der Waals surface area contributed by atoms with Crippen molar-refractivity contribution in [1.29, 1.82) is 0 Å². The van der Waals surface area contributed by atoms with Crippen LogP contribution in [0.2, 0.25) is 0 Å². The smallest absolute Gasteiger partial charge is 0.306 e. The Balaban J connectivity index is 3.54. The van der Waals surface area contributed by atoms with Crippen LogP contribution in [-0.2, 0) is 14.3 Å². The van der Waals surface area contributed by atoms with E-state index in [1.807, 2.05) is 0 Å². The molecule has 0 aliphatic heterocycles. The lowest BCUT2D eigenvalue weighted by Gasteiger charge is -2.15. The summed E-state index contributed by atoms with van der Waals surface area (Å²) in [6.07, 6.45) is 29.5. The molecule has 0 heterocycles. The minimum Gasteiger partial charge on any atom is -0.462 e. The molecule has 3 heteroatoms. The van der Waals surface area contributed by atoms with E-state index in [1.165, 1.54) is 116 Å². The summed E-state index contributed by atoms with van der Waals surface area (Å²) in [5.74, 6) is -0.112. The average Bonchev–Trinajstić information content (AvgIpc) is 2.78. The first-order valence-corrected chi connectivity index (χ1v) is 14.4. The number of rotatable bonds is 26. The Morgan fingerprint density at radius 3 is 1.38 bits per heavy atom. The van der Waals surface area contributed by atoms with Crippen LogP contribution in [0.3, 0.4) is 0 Å². The Kier molecular flexibility index (Phi) is 25.7. The molecular weight excluding hydrogens is 396 g/mol. The van der Waals surface area contributed by atoms with Crippen LogP contribution in [-0.4, -0.2) is 18.4 Å². The van der Waals surface area contributed by atoms with Gasteiger partial charge < -0.3 is 9.53 Å². The molecule has 0 saturated heterocycles. The molecule has 0 aromatic carbocycles. The fourth-order valence-corrected chi connectivity index (χ4v) is 4.37. The number of unbranched alkanes of at least 4 members (excludes halogenated alkanes) is 19. The topological polar surface area (TPSA) is 43.4 Å². The van der Waals surface area contributed by atoms with E-state index in [-0.39, 0.29) is 12.1 Å². The predicted octanol–water partition coefficient (Wildman–Crippen LogP) is 9.50. The standard InChI is InChI=1S/C29H56O3/c1-3-5-7-9-11-13-14-15-16-17-19-21-23-25-29(31)32-28(26-27-30)24-22-20-18-12-10-8-6-4-2/h27-28H,3-26H2,1-2H3. The van der Waals surface area contributed by atoms with Gasteiger partial charge in [0.1, 0.15) is 12.4 Å². The van der Waals surface area contributed by atoms with Crippen LogP contribution in [0, 0.1) is 0 Å². The van der Waals surface area contributed by atoms with E-state index >= 15 is 0 Å². The van der Waals surface area contributed by atoms with Crippen molar-refractivity contribution in [3.63, 3.8) is 0 Å². The normalized spacial score (nSPS) is 12.1. The fourth-order valence-electron chi connectivity index (χ4n) is 4.37. The van der Waals surface area contributed by atoms with Crippen molar-refractivity contribution in [2.75, 3.05) is 0 Å². The lowest BCUT2D eigenvalue weighted by molar-refractivity contribution is -0.150. The van der Waals surface area contributed by atoms with Crippen LogP contribution < -0.4 is 0 Å². The minimum absolute atomic E-state index is 0.112. The van der Waals surface area contributed by atoms with Gasteiger partial charge in [-0.05, 0) is 19.3 Å². The number of ether oxygens (including phenoxy) is 1. The van der Waals surface area contributed by atoms with E-state index < -0.39 is 0 Å². The lowest BCUT2D eigenvalue weighted by atomic mass is 10.0. The number of esters is 1. The maximum Gasteiger partial charge on any atom is 0.306 e. The molecule has 0 N–H and O–H groups in total. The molecule has 0 saturated carbocycles. The highest BCUT2D eigenvalue weighted by molar-refractivity contribution is 5.69. The molecule has 0 rings (SSSR count). The summed E-state index contributed by atoms with van der Waals surface area (Å²) < 4.78 is 5.59. The molecule has 0 aromatic rings. The Hall–Kier alpha value is -0.860. The summed E-state index contributed by atoms with van der Waals surface area (Å²) in [6, 6.07) is 0. The Morgan fingerprint density at radius 1 is 0.594 bits per heavy atom. The summed E-state index contributed by atoms with van der Waals surface area (Å²) >= 11 is 0. The average molecular weight is 453 g/mol. The second kappa shape index (κ2) is 26.4. The van der Waals surface area contributed by atoms with Crippen molar-refractivity contribution >= 4 is 12.3 Å². The fraction of sp³-hybridized carbons (Fsp3) is 0.931. The molecule has 0 radical (unpaired) electrons. The van der Waals surface area contributed by atoms with Gasteiger partial charge in [0.05, 0.1) is 0 Å². The first-order chi connectivity index (χ1) is 15.7. The van der Waals surface area contributed by atoms with Crippen molar-refractivity contribution in [1.82, 2.24) is 0 Å². The molecule has 0 aliphatic carbocycles. The Bertz CT molecular complexity index is 394. The largest absolute Gasteiger partial charge is 0.462 e. The zero-order valence-corrected chi connectivity index (χ0v) is 21.9. The van der Waals surface area contributed by atoms with Crippen LogP contribution in [0.1, 0.15) is 168 Å². The van der Waals surface area contributed by atoms with Crippen molar-refractivity contribution in [2.45, 2.75) is 174 Å². The van der Waals surface area contributed by atoms with Crippen molar-refractivity contribution in [3.05, 3.63) is 0 Å². The SMILES string of the molecule is CCCCCCCCCCCCCCCC(=O)OC(CC=O)CCCCCCCCCC. The second-order valence-corrected chi connectivity index (χ2v) is 9.77. The van der Waals surface area contributed by atoms with Gasteiger partial charge in [0.2, 0.25) is 0 Å². The highest BCUT2D eigenvalue weighted by Gasteiger charge is 2.13. The van der Waals surface area contributed by atoms with Crippen molar-refractivity contribution in [3.8, 4) is 0 Å². The third-order valence-corrected chi connectivity index (χ3v) is 6.52. The van der Waals surface area contributed by atoms with Gasteiger partial charge in [0, 0.05) is 12.8 Å². The summed E-state index contributed by atoms with van der Waals surface area (Å²) in [5.41, 5.74) is 0. The molecule has 1 atom stereocenters. The monoisotopic (exact) mass is 452 g/mol. The van der Waals surface area contributed by atoms with E-state index in [4.69, 9.17) is 4.74 Å². The quantitative estimate of drug-likeness (QED) is 0.0745. The van der Waals surface area contributed by atoms with Crippen molar-refractivity contribution in [2.24, 2.45) is 0 Å². The van der Waals surface area contributed by atoms with Gasteiger partial charge in [0.15, 0.2) is 0 Å². The molecular formula is C29H56O3. The minimum atomic E-state index is -0.206. The van der Waals surface area contributed by atoms with Gasteiger partial charge in [-0.2, -0.15) is 0 Å². The summed E-state index contributed by atoms with van der Waals surface area (Å²) in [4.78, 5) is 23.1. The second-order valence-electron chi connectivity index (χ2n) is 9.77. The van der Waals surface area contributed by atoms with Gasteiger partial charge >= 0.3 is 5.97 Å². The van der Waals surface area contributed by atoms with Crippen LogP contribution in [0.4, 0.5) is 0 Å². The molecule has 0 fully saturated rings. The zero-order chi connectivity index (χ0) is 23.5. The Labute approximate surface area is 200 Å². The van der Waals surface area contributed by atoms with Crippen LogP contribution >= 0.6 is 0 Å². The van der Waals surface area contributed by atoms with E-state index in [0.29, 0.717) is 12.8 Å². The molecule has 0 bridgehead atoms. The van der Waals surface area contributed by atoms with E-state index in [0.717, 1.165) is 32.0 Å². The van der Waals surface area contributed by atoms with Crippen LogP contribution in [0.15, 0.2) is 0 Å². The molecule has 0 aromatic heterocycles. The lowest BCUT2D eigenvalue weighted by Crippen LogP contribution is -2.18. The summed E-state index contributed by atoms with van der Waals surface area (Å²) in [7, 11) is 0. The highest BCUT2D eigenvalue weighted by atomic mass is 16.5. The van der Waals surface area contributed by atoms with Crippen LogP contribution in [0.25, 0.3) is 0 Å². The summed E-state index contributed by atoms with van der Waals surface area (Å²) in [6.45, 7) is 4.51. The molecule has 32 heavy (non-hydrogen) atoms. The molecule has 0 spiro atoms. The van der Waals surface area contributed by atoms with Crippen molar-refractivity contribution < 1.29 is 14.3 Å². The maximum atomic E-state index is 12.1. The van der Waals surface area contributed by atoms with Gasteiger partial charge in [-0.1, -0.05) is 136 Å². The molecule has 0 amide bonds. The van der Waals surface area contributed by atoms with E-state index in [2.05, 4.69) is 13.8 Å². The maximum absolute atomic E-state index is 12.1. The number of hydrogen-bond donors (Lipinski definition) is 0. The molecule has 0 aliphatic rings. The molecule has 1 unspecified atom stereocenters. The number of carbonyl (C=O) groups excluding carboxylic acids is 2. The van der Waals surface area contributed by atoms with Crippen LogP contribution in [0.5, 0.6) is 0 Å². The first-order valence-electron chi connectivity index (χ1n) is 14.4. The third-order valence-electron chi connectivity index (χ3n) is 6.52. The number of carbonyl (C=O) groups is 2. The molecule has 3 nitrogen and oxygen atoms in total. The van der Waals surface area contributed by atoms with E-state index in [9.17, 15) is 9.59 Å². The number of aldehydes is 1. The van der Waals surface area contributed by atoms with Gasteiger partial charge in [-0.3, -0.25) is 4.79 Å². The zero-order valence-electron chi connectivity index (χ0n) is 21.9. The predicted molar refractivity (Wildman–Crippen MR) is 138 cm³/mol. The highest BCUT2D eigenvalue weighted by Crippen LogP contribution is 2.16. The number of hydrogen-bond acceptors (Lipinski definition) is 3. The van der Waals surface area contributed by atoms with Gasteiger partial charge in [-0.15, -0.1) is 0 Å².